The second-order valence-electron chi connectivity index (χ2n) is 7.12. The van der Waals surface area contributed by atoms with Gasteiger partial charge >= 0.3 is 0 Å². The zero-order valence-electron chi connectivity index (χ0n) is 17.5. The zero-order chi connectivity index (χ0) is 22.9. The molecule has 0 radical (unpaired) electrons. The first-order valence-corrected chi connectivity index (χ1v) is 11.6. The Hall–Kier alpha value is -3.23. The van der Waals surface area contributed by atoms with Crippen molar-refractivity contribution in [3.63, 3.8) is 0 Å². The SMILES string of the molecule is COc1cccc(OC)c1C(=O)Nc1ccc2c(c1)N(S(=O)(=O)c1ccc(Cl)cc1)CC2. The quantitative estimate of drug-likeness (QED) is 0.576. The van der Waals surface area contributed by atoms with Gasteiger partial charge < -0.3 is 14.8 Å². The van der Waals surface area contributed by atoms with E-state index >= 15 is 0 Å². The molecule has 0 bridgehead atoms. The number of ether oxygens (including phenoxy) is 2. The van der Waals surface area contributed by atoms with Gasteiger partial charge in [0.2, 0.25) is 0 Å². The van der Waals surface area contributed by atoms with Crippen molar-refractivity contribution in [2.24, 2.45) is 0 Å². The molecule has 1 heterocycles. The number of amides is 1. The van der Waals surface area contributed by atoms with Gasteiger partial charge in [-0.2, -0.15) is 0 Å². The Morgan fingerprint density at radius 2 is 1.66 bits per heavy atom. The minimum absolute atomic E-state index is 0.156. The Bertz CT molecular complexity index is 1250. The number of anilines is 2. The van der Waals surface area contributed by atoms with Crippen molar-refractivity contribution < 1.29 is 22.7 Å². The maximum absolute atomic E-state index is 13.2. The fourth-order valence-electron chi connectivity index (χ4n) is 3.68. The third-order valence-electron chi connectivity index (χ3n) is 5.25. The van der Waals surface area contributed by atoms with E-state index in [1.165, 1.54) is 30.7 Å². The molecule has 0 spiro atoms. The molecule has 0 atom stereocenters. The van der Waals surface area contributed by atoms with E-state index in [9.17, 15) is 13.2 Å². The van der Waals surface area contributed by atoms with Gasteiger partial charge in [-0.05, 0) is 60.5 Å². The molecule has 0 aromatic heterocycles. The summed E-state index contributed by atoms with van der Waals surface area (Å²) in [5, 5.41) is 3.28. The first-order valence-electron chi connectivity index (χ1n) is 9.78. The van der Waals surface area contributed by atoms with E-state index < -0.39 is 15.9 Å². The molecule has 1 aliphatic heterocycles. The molecule has 3 aromatic carbocycles. The molecule has 0 aliphatic carbocycles. The summed E-state index contributed by atoms with van der Waals surface area (Å²) in [4.78, 5) is 13.1. The molecule has 7 nitrogen and oxygen atoms in total. The third kappa shape index (κ3) is 3.99. The second-order valence-corrected chi connectivity index (χ2v) is 9.41. The van der Waals surface area contributed by atoms with Crippen LogP contribution in [-0.2, 0) is 16.4 Å². The number of nitrogens with one attached hydrogen (secondary N) is 1. The van der Waals surface area contributed by atoms with Crippen LogP contribution in [0.25, 0.3) is 0 Å². The first kappa shape index (κ1) is 22.0. The Balaban J connectivity index is 1.65. The van der Waals surface area contributed by atoms with Gasteiger partial charge in [0, 0.05) is 17.3 Å². The lowest BCUT2D eigenvalue weighted by molar-refractivity contribution is 0.102. The molecule has 0 saturated heterocycles. The molecule has 0 unspecified atom stereocenters. The standard InChI is InChI=1S/C23H21ClN2O5S/c1-30-20-4-3-5-21(31-2)22(20)23(27)25-17-9-6-15-12-13-26(19(15)14-17)32(28,29)18-10-7-16(24)8-11-18/h3-11,14H,12-13H2,1-2H3,(H,25,27). The monoisotopic (exact) mass is 472 g/mol. The topological polar surface area (TPSA) is 84.9 Å². The molecule has 166 valence electrons. The average Bonchev–Trinajstić information content (AvgIpc) is 3.22. The summed E-state index contributed by atoms with van der Waals surface area (Å²) >= 11 is 5.90. The molecule has 3 aromatic rings. The van der Waals surface area contributed by atoms with Gasteiger partial charge in [-0.1, -0.05) is 23.7 Å². The van der Waals surface area contributed by atoms with Crippen molar-refractivity contribution in [2.75, 3.05) is 30.4 Å². The maximum Gasteiger partial charge on any atom is 0.264 e. The molecule has 32 heavy (non-hydrogen) atoms. The van der Waals surface area contributed by atoms with Crippen LogP contribution in [0.2, 0.25) is 5.02 Å². The predicted octanol–water partition coefficient (Wildman–Crippen LogP) is 4.36. The number of benzene rings is 3. The smallest absolute Gasteiger partial charge is 0.264 e. The van der Waals surface area contributed by atoms with E-state index in [0.29, 0.717) is 40.9 Å². The number of carbonyl (C=O) groups excluding carboxylic acids is 1. The fourth-order valence-corrected chi connectivity index (χ4v) is 5.30. The second kappa shape index (κ2) is 8.72. The Kier molecular flexibility index (Phi) is 5.99. The highest BCUT2D eigenvalue weighted by atomic mass is 35.5. The van der Waals surface area contributed by atoms with E-state index in [1.807, 2.05) is 6.07 Å². The number of sulfonamides is 1. The van der Waals surface area contributed by atoms with E-state index in [4.69, 9.17) is 21.1 Å². The summed E-state index contributed by atoms with van der Waals surface area (Å²) in [6.07, 6.45) is 0.580. The summed E-state index contributed by atoms with van der Waals surface area (Å²) in [7, 11) is -0.820. The summed E-state index contributed by atoms with van der Waals surface area (Å²) in [6, 6.07) is 16.3. The van der Waals surface area contributed by atoms with Gasteiger partial charge in [-0.25, -0.2) is 8.42 Å². The van der Waals surface area contributed by atoms with Gasteiger partial charge in [0.05, 0.1) is 24.8 Å². The van der Waals surface area contributed by atoms with Crippen LogP contribution in [0.3, 0.4) is 0 Å². The van der Waals surface area contributed by atoms with Crippen molar-refractivity contribution in [2.45, 2.75) is 11.3 Å². The highest BCUT2D eigenvalue weighted by molar-refractivity contribution is 7.92. The molecule has 9 heteroatoms. The van der Waals surface area contributed by atoms with E-state index in [2.05, 4.69) is 5.32 Å². The molecular weight excluding hydrogens is 452 g/mol. The lowest BCUT2D eigenvalue weighted by atomic mass is 10.1. The normalized spacial score (nSPS) is 12.9. The lowest BCUT2D eigenvalue weighted by Gasteiger charge is -2.20. The van der Waals surface area contributed by atoms with Crippen LogP contribution >= 0.6 is 11.6 Å². The van der Waals surface area contributed by atoms with Crippen molar-refractivity contribution in [3.05, 3.63) is 76.8 Å². The maximum atomic E-state index is 13.2. The lowest BCUT2D eigenvalue weighted by Crippen LogP contribution is -2.29. The van der Waals surface area contributed by atoms with Crippen LogP contribution in [0.1, 0.15) is 15.9 Å². The highest BCUT2D eigenvalue weighted by Crippen LogP contribution is 2.36. The number of fused-ring (bicyclic) bond motifs is 1. The van der Waals surface area contributed by atoms with Crippen molar-refractivity contribution >= 4 is 38.9 Å². The molecular formula is C23H21ClN2O5S. The molecule has 1 amide bonds. The average molecular weight is 473 g/mol. The Labute approximate surface area is 191 Å². The number of halogens is 1. The minimum Gasteiger partial charge on any atom is -0.496 e. The number of carbonyl (C=O) groups is 1. The third-order valence-corrected chi connectivity index (χ3v) is 7.33. The van der Waals surface area contributed by atoms with Crippen molar-refractivity contribution in [1.29, 1.82) is 0 Å². The molecule has 1 N–H and O–H groups in total. The predicted molar refractivity (Wildman–Crippen MR) is 124 cm³/mol. The molecule has 0 saturated carbocycles. The summed E-state index contributed by atoms with van der Waals surface area (Å²) in [5.74, 6) is 0.314. The summed E-state index contributed by atoms with van der Waals surface area (Å²) in [6.45, 7) is 0.317. The molecule has 4 rings (SSSR count). The number of methoxy groups -OCH3 is 2. The van der Waals surface area contributed by atoms with Gasteiger partial charge in [0.15, 0.2) is 0 Å². The van der Waals surface area contributed by atoms with E-state index in [0.717, 1.165) is 5.56 Å². The van der Waals surface area contributed by atoms with Crippen LogP contribution < -0.4 is 19.1 Å². The van der Waals surface area contributed by atoms with Gasteiger partial charge in [-0.15, -0.1) is 0 Å². The van der Waals surface area contributed by atoms with Crippen LogP contribution in [0.5, 0.6) is 11.5 Å². The molecule has 0 fully saturated rings. The number of rotatable bonds is 6. The van der Waals surface area contributed by atoms with Crippen molar-refractivity contribution in [1.82, 2.24) is 0 Å². The van der Waals surface area contributed by atoms with Crippen LogP contribution in [0, 0.1) is 0 Å². The fraction of sp³-hybridized carbons (Fsp3) is 0.174. The number of hydrogen-bond donors (Lipinski definition) is 1. The Morgan fingerprint density at radius 3 is 2.28 bits per heavy atom. The highest BCUT2D eigenvalue weighted by Gasteiger charge is 2.31. The van der Waals surface area contributed by atoms with Crippen LogP contribution in [0.15, 0.2) is 65.6 Å². The largest absolute Gasteiger partial charge is 0.496 e. The van der Waals surface area contributed by atoms with Gasteiger partial charge in [0.1, 0.15) is 17.1 Å². The van der Waals surface area contributed by atoms with Crippen LogP contribution in [0.4, 0.5) is 11.4 Å². The van der Waals surface area contributed by atoms with Gasteiger partial charge in [0.25, 0.3) is 15.9 Å². The molecule has 1 aliphatic rings. The van der Waals surface area contributed by atoms with E-state index in [1.54, 1.807) is 42.5 Å². The number of hydrogen-bond acceptors (Lipinski definition) is 5. The number of nitrogens with zero attached hydrogens (tertiary/aromatic N) is 1. The van der Waals surface area contributed by atoms with Crippen molar-refractivity contribution in [3.8, 4) is 11.5 Å². The first-order chi connectivity index (χ1) is 15.3. The van der Waals surface area contributed by atoms with Crippen LogP contribution in [-0.4, -0.2) is 35.1 Å². The Morgan fingerprint density at radius 1 is 1.00 bits per heavy atom. The zero-order valence-corrected chi connectivity index (χ0v) is 19.0. The van der Waals surface area contributed by atoms with E-state index in [-0.39, 0.29) is 10.5 Å². The summed E-state index contributed by atoms with van der Waals surface area (Å²) < 4.78 is 38.3. The summed E-state index contributed by atoms with van der Waals surface area (Å²) in [5.41, 5.74) is 2.13. The minimum atomic E-state index is -3.77. The van der Waals surface area contributed by atoms with Gasteiger partial charge in [-0.3, -0.25) is 9.10 Å².